The Hall–Kier alpha value is -5.35. The Balaban J connectivity index is 1.42. The number of amides is 1. The predicted molar refractivity (Wildman–Crippen MR) is 164 cm³/mol. The molecule has 2 heterocycles. The fourth-order valence-corrected chi connectivity index (χ4v) is 5.22. The zero-order valence-electron chi connectivity index (χ0n) is 23.3. The summed E-state index contributed by atoms with van der Waals surface area (Å²) in [6, 6.07) is 16.9. The Kier molecular flexibility index (Phi) is 7.21. The summed E-state index contributed by atoms with van der Waals surface area (Å²) in [4.78, 5) is 42.8. The number of nitrogens with zero attached hydrogens (tertiary/aromatic N) is 3. The molecule has 0 radical (unpaired) electrons. The van der Waals surface area contributed by atoms with Gasteiger partial charge in [-0.15, -0.1) is 0 Å². The highest BCUT2D eigenvalue weighted by Gasteiger charge is 2.25. The van der Waals surface area contributed by atoms with E-state index in [9.17, 15) is 19.5 Å². The summed E-state index contributed by atoms with van der Waals surface area (Å²) in [6.45, 7) is 3.00. The number of rotatable bonds is 8. The molecule has 3 aromatic carbocycles. The molecule has 0 saturated heterocycles. The number of pyridine rings is 1. The molecule has 0 bridgehead atoms. The van der Waals surface area contributed by atoms with E-state index in [0.717, 1.165) is 24.5 Å². The van der Waals surface area contributed by atoms with Crippen molar-refractivity contribution in [2.75, 3.05) is 10.6 Å². The summed E-state index contributed by atoms with van der Waals surface area (Å²) >= 11 is 0. The van der Waals surface area contributed by atoms with Gasteiger partial charge in [-0.25, -0.2) is 9.37 Å². The zero-order chi connectivity index (χ0) is 30.2. The molecule has 1 aliphatic carbocycles. The third kappa shape index (κ3) is 5.35. The molecule has 1 saturated carbocycles. The third-order valence-corrected chi connectivity index (χ3v) is 7.52. The predicted octanol–water partition coefficient (Wildman–Crippen LogP) is 5.13. The van der Waals surface area contributed by atoms with Crippen molar-refractivity contribution in [3.05, 3.63) is 123 Å². The molecule has 2 aromatic heterocycles. The summed E-state index contributed by atoms with van der Waals surface area (Å²) in [7, 11) is 1.58. The van der Waals surface area contributed by atoms with E-state index in [-0.39, 0.29) is 17.1 Å². The number of aromatic nitrogens is 3. The second kappa shape index (κ2) is 11.1. The number of carbonyl (C=O) groups excluding carboxylic acids is 1. The first kappa shape index (κ1) is 27.8. The van der Waals surface area contributed by atoms with Gasteiger partial charge in [0.15, 0.2) is 5.82 Å². The van der Waals surface area contributed by atoms with Gasteiger partial charge in [0.05, 0.1) is 23.4 Å². The van der Waals surface area contributed by atoms with Crippen LogP contribution in [0.2, 0.25) is 0 Å². The standard InChI is InChI=1S/C33H28FN5O4/c1-3-29(41)35-22-6-4-7-23(16-22)36-31-33(43)38(2)17-27(37-31)24-8-5-9-28(25(24)18-40)39-13-12-20-14-21(19-10-11-19)15-26(34)30(20)32(39)42/h3-9,12-17,19,40H,1,10-11,18H2,2H3,(H,35,41)(H,36,37). The Morgan fingerprint density at radius 3 is 2.60 bits per heavy atom. The molecule has 0 atom stereocenters. The van der Waals surface area contributed by atoms with Crippen LogP contribution in [-0.2, 0) is 18.4 Å². The molecule has 1 aliphatic rings. The first-order valence-corrected chi connectivity index (χ1v) is 13.7. The Bertz CT molecular complexity index is 2040. The van der Waals surface area contributed by atoms with Crippen molar-refractivity contribution < 1.29 is 14.3 Å². The first-order chi connectivity index (χ1) is 20.8. The summed E-state index contributed by atoms with van der Waals surface area (Å²) in [5.74, 6) is -0.586. The number of hydrogen-bond acceptors (Lipinski definition) is 6. The molecular weight excluding hydrogens is 549 g/mol. The number of aliphatic hydroxyl groups excluding tert-OH is 1. The van der Waals surface area contributed by atoms with Crippen molar-refractivity contribution in [1.29, 1.82) is 0 Å². The Morgan fingerprint density at radius 2 is 1.86 bits per heavy atom. The van der Waals surface area contributed by atoms with Crippen LogP contribution in [-0.4, -0.2) is 25.1 Å². The van der Waals surface area contributed by atoms with E-state index in [0.29, 0.717) is 45.2 Å². The van der Waals surface area contributed by atoms with E-state index in [4.69, 9.17) is 0 Å². The van der Waals surface area contributed by atoms with E-state index in [2.05, 4.69) is 22.2 Å². The van der Waals surface area contributed by atoms with Gasteiger partial charge in [0, 0.05) is 41.9 Å². The number of aliphatic hydroxyl groups is 1. The normalized spacial score (nSPS) is 12.7. The molecule has 216 valence electrons. The molecule has 1 amide bonds. The van der Waals surface area contributed by atoms with Crippen molar-refractivity contribution in [2.45, 2.75) is 25.4 Å². The van der Waals surface area contributed by atoms with Crippen LogP contribution in [0.1, 0.15) is 29.9 Å². The lowest BCUT2D eigenvalue weighted by Gasteiger charge is -2.17. The minimum absolute atomic E-state index is 0.0119. The minimum Gasteiger partial charge on any atom is -0.392 e. The molecule has 0 spiro atoms. The van der Waals surface area contributed by atoms with Crippen molar-refractivity contribution >= 4 is 33.9 Å². The monoisotopic (exact) mass is 577 g/mol. The molecule has 3 N–H and O–H groups in total. The van der Waals surface area contributed by atoms with Gasteiger partial charge >= 0.3 is 0 Å². The Labute approximate surface area is 245 Å². The van der Waals surface area contributed by atoms with E-state index in [1.54, 1.807) is 61.8 Å². The molecule has 0 aliphatic heterocycles. The highest BCUT2D eigenvalue weighted by molar-refractivity contribution is 5.99. The molecule has 1 fully saturated rings. The number of carbonyl (C=O) groups is 1. The first-order valence-electron chi connectivity index (χ1n) is 13.7. The number of benzene rings is 3. The maximum atomic E-state index is 15.2. The molecule has 5 aromatic rings. The molecule has 9 nitrogen and oxygen atoms in total. The smallest absolute Gasteiger partial charge is 0.293 e. The maximum absolute atomic E-state index is 15.2. The van der Waals surface area contributed by atoms with Gasteiger partial charge in [0.25, 0.3) is 11.1 Å². The van der Waals surface area contributed by atoms with Gasteiger partial charge < -0.3 is 20.3 Å². The van der Waals surface area contributed by atoms with Crippen molar-refractivity contribution in [2.24, 2.45) is 7.05 Å². The van der Waals surface area contributed by atoms with Crippen LogP contribution in [0.3, 0.4) is 0 Å². The van der Waals surface area contributed by atoms with Crippen molar-refractivity contribution in [3.63, 3.8) is 0 Å². The lowest BCUT2D eigenvalue weighted by Crippen LogP contribution is -2.22. The SMILES string of the molecule is C=CC(=O)Nc1cccc(Nc2nc(-c3cccc(-n4ccc5cc(C6CC6)cc(F)c5c4=O)c3CO)cn(C)c2=O)c1. The second-order valence-electron chi connectivity index (χ2n) is 10.5. The molecule has 6 rings (SSSR count). The summed E-state index contributed by atoms with van der Waals surface area (Å²) < 4.78 is 17.9. The number of anilines is 3. The second-order valence-corrected chi connectivity index (χ2v) is 10.5. The van der Waals surface area contributed by atoms with Crippen LogP contribution >= 0.6 is 0 Å². The van der Waals surface area contributed by atoms with Gasteiger partial charge in [-0.3, -0.25) is 19.0 Å². The lowest BCUT2D eigenvalue weighted by molar-refractivity contribution is -0.111. The van der Waals surface area contributed by atoms with Gasteiger partial charge in [-0.2, -0.15) is 0 Å². The van der Waals surface area contributed by atoms with Gasteiger partial charge in [0.2, 0.25) is 5.91 Å². The fraction of sp³-hybridized carbons (Fsp3) is 0.152. The van der Waals surface area contributed by atoms with Crippen molar-refractivity contribution in [1.82, 2.24) is 14.1 Å². The number of halogens is 1. The number of aryl methyl sites for hydroxylation is 1. The average Bonchev–Trinajstić information content (AvgIpc) is 3.85. The van der Waals surface area contributed by atoms with Crippen LogP contribution in [0.5, 0.6) is 0 Å². The fourth-order valence-electron chi connectivity index (χ4n) is 5.22. The molecular formula is C33H28FN5O4. The van der Waals surface area contributed by atoms with Crippen LogP contribution in [0, 0.1) is 5.82 Å². The maximum Gasteiger partial charge on any atom is 0.293 e. The molecule has 10 heteroatoms. The van der Waals surface area contributed by atoms with Crippen LogP contribution < -0.4 is 21.8 Å². The van der Waals surface area contributed by atoms with Crippen LogP contribution in [0.4, 0.5) is 21.6 Å². The average molecular weight is 578 g/mol. The van der Waals surface area contributed by atoms with Gasteiger partial charge in [0.1, 0.15) is 5.82 Å². The quantitative estimate of drug-likeness (QED) is 0.220. The third-order valence-electron chi connectivity index (χ3n) is 7.52. The minimum atomic E-state index is -0.566. The van der Waals surface area contributed by atoms with Crippen molar-refractivity contribution in [3.8, 4) is 16.9 Å². The van der Waals surface area contributed by atoms with Gasteiger partial charge in [-0.1, -0.05) is 30.8 Å². The molecule has 0 unspecified atom stereocenters. The van der Waals surface area contributed by atoms with Gasteiger partial charge in [-0.05, 0) is 72.2 Å². The van der Waals surface area contributed by atoms with E-state index >= 15 is 4.39 Å². The number of nitrogens with one attached hydrogen (secondary N) is 2. The summed E-state index contributed by atoms with van der Waals surface area (Å²) in [6.07, 6.45) is 6.31. The highest BCUT2D eigenvalue weighted by atomic mass is 19.1. The molecule has 43 heavy (non-hydrogen) atoms. The summed E-state index contributed by atoms with van der Waals surface area (Å²) in [5.41, 5.74) is 2.56. The number of hydrogen-bond donors (Lipinski definition) is 3. The van der Waals surface area contributed by atoms with Crippen LogP contribution in [0.25, 0.3) is 27.7 Å². The Morgan fingerprint density at radius 1 is 1.09 bits per heavy atom. The zero-order valence-corrected chi connectivity index (χ0v) is 23.3. The number of fused-ring (bicyclic) bond motifs is 1. The largest absolute Gasteiger partial charge is 0.392 e. The lowest BCUT2D eigenvalue weighted by atomic mass is 10.0. The van der Waals surface area contributed by atoms with Crippen LogP contribution in [0.15, 0.2) is 95.3 Å². The topological polar surface area (TPSA) is 118 Å². The highest BCUT2D eigenvalue weighted by Crippen LogP contribution is 2.41. The summed E-state index contributed by atoms with van der Waals surface area (Å²) in [5, 5.41) is 16.7. The van der Waals surface area contributed by atoms with E-state index in [1.807, 2.05) is 6.07 Å². The van der Waals surface area contributed by atoms with E-state index < -0.39 is 23.5 Å². The van der Waals surface area contributed by atoms with E-state index in [1.165, 1.54) is 21.4 Å².